The molecule has 1 N–H and O–H groups in total. The summed E-state index contributed by atoms with van der Waals surface area (Å²) in [5, 5.41) is 3.42. The summed E-state index contributed by atoms with van der Waals surface area (Å²) in [6.45, 7) is 5.60. The molecule has 2 aromatic carbocycles. The minimum absolute atomic E-state index is 0. The van der Waals surface area contributed by atoms with Crippen molar-refractivity contribution in [2.24, 2.45) is 0 Å². The Kier molecular flexibility index (Phi) is 9.42. The lowest BCUT2D eigenvalue weighted by atomic mass is 10.2. The topological polar surface area (TPSA) is 39.7 Å². The number of hydrogen-bond acceptors (Lipinski definition) is 4. The van der Waals surface area contributed by atoms with Gasteiger partial charge in [0.25, 0.3) is 0 Å². The number of benzene rings is 2. The molecule has 0 saturated carbocycles. The van der Waals surface area contributed by atoms with Crippen molar-refractivity contribution in [2.45, 2.75) is 13.1 Å². The van der Waals surface area contributed by atoms with Gasteiger partial charge in [0, 0.05) is 13.1 Å². The molecule has 0 unspecified atom stereocenters. The van der Waals surface area contributed by atoms with Crippen LogP contribution < -0.4 is 19.5 Å². The molecule has 0 aliphatic rings. The molecule has 6 heteroatoms. The van der Waals surface area contributed by atoms with Crippen molar-refractivity contribution in [3.63, 3.8) is 0 Å². The van der Waals surface area contributed by atoms with E-state index in [1.807, 2.05) is 24.3 Å². The van der Waals surface area contributed by atoms with Gasteiger partial charge in [0.2, 0.25) is 0 Å². The SMILES string of the molecule is C=CCOc1c(Br)cc(CNCc2ccc(OC)cc2)cc1OC.Cl. The third-order valence-electron chi connectivity index (χ3n) is 3.45. The van der Waals surface area contributed by atoms with Crippen LogP contribution in [0.25, 0.3) is 0 Å². The van der Waals surface area contributed by atoms with Crippen molar-refractivity contribution in [3.8, 4) is 17.2 Å². The summed E-state index contributed by atoms with van der Waals surface area (Å²) < 4.78 is 17.1. The van der Waals surface area contributed by atoms with Crippen molar-refractivity contribution in [3.05, 3.63) is 64.7 Å². The fraction of sp³-hybridized carbons (Fsp3) is 0.263. The van der Waals surface area contributed by atoms with Crippen LogP contribution in [0.15, 0.2) is 53.5 Å². The molecular weight excluding hydrogens is 406 g/mol. The highest BCUT2D eigenvalue weighted by Crippen LogP contribution is 2.36. The average molecular weight is 429 g/mol. The Morgan fingerprint density at radius 1 is 1.04 bits per heavy atom. The number of ether oxygens (including phenoxy) is 3. The summed E-state index contributed by atoms with van der Waals surface area (Å²) in [5.41, 5.74) is 2.31. The average Bonchev–Trinajstić information content (AvgIpc) is 2.61. The van der Waals surface area contributed by atoms with E-state index in [1.54, 1.807) is 20.3 Å². The normalized spacial score (nSPS) is 9.88. The minimum atomic E-state index is 0. The zero-order valence-electron chi connectivity index (χ0n) is 14.4. The quantitative estimate of drug-likeness (QED) is 0.586. The first-order valence-corrected chi connectivity index (χ1v) is 8.41. The first kappa shape index (κ1) is 21.4. The number of nitrogens with one attached hydrogen (secondary N) is 1. The lowest BCUT2D eigenvalue weighted by Gasteiger charge is -2.14. The van der Waals surface area contributed by atoms with Gasteiger partial charge in [-0.05, 0) is 51.3 Å². The van der Waals surface area contributed by atoms with Gasteiger partial charge in [0.1, 0.15) is 12.4 Å². The van der Waals surface area contributed by atoms with Gasteiger partial charge in [-0.1, -0.05) is 24.8 Å². The standard InChI is InChI=1S/C19H22BrNO3.ClH/c1-4-9-24-19-17(20)10-15(11-18(19)23-3)13-21-12-14-5-7-16(22-2)8-6-14;/h4-8,10-11,21H,1,9,12-13H2,2-3H3;1H. The number of halogens is 2. The molecule has 0 bridgehead atoms. The van der Waals surface area contributed by atoms with E-state index in [4.69, 9.17) is 14.2 Å². The summed E-state index contributed by atoms with van der Waals surface area (Å²) >= 11 is 3.54. The first-order chi connectivity index (χ1) is 11.7. The maximum atomic E-state index is 5.64. The zero-order chi connectivity index (χ0) is 17.4. The predicted octanol–water partition coefficient (Wildman–Crippen LogP) is 4.74. The highest BCUT2D eigenvalue weighted by molar-refractivity contribution is 9.10. The Morgan fingerprint density at radius 2 is 1.72 bits per heavy atom. The van der Waals surface area contributed by atoms with Crippen LogP contribution >= 0.6 is 28.3 Å². The second-order valence-electron chi connectivity index (χ2n) is 5.16. The van der Waals surface area contributed by atoms with Gasteiger partial charge in [0.05, 0.1) is 18.7 Å². The molecule has 25 heavy (non-hydrogen) atoms. The molecule has 0 saturated heterocycles. The fourth-order valence-corrected chi connectivity index (χ4v) is 2.86. The largest absolute Gasteiger partial charge is 0.497 e. The lowest BCUT2D eigenvalue weighted by Crippen LogP contribution is -2.13. The van der Waals surface area contributed by atoms with E-state index in [2.05, 4.69) is 40.0 Å². The Balaban J connectivity index is 0.00000312. The second-order valence-corrected chi connectivity index (χ2v) is 6.01. The van der Waals surface area contributed by atoms with Crippen molar-refractivity contribution < 1.29 is 14.2 Å². The van der Waals surface area contributed by atoms with Crippen LogP contribution in [0.4, 0.5) is 0 Å². The Morgan fingerprint density at radius 3 is 2.32 bits per heavy atom. The second kappa shape index (κ2) is 11.0. The van der Waals surface area contributed by atoms with E-state index in [0.29, 0.717) is 18.1 Å². The van der Waals surface area contributed by atoms with E-state index in [9.17, 15) is 0 Å². The zero-order valence-corrected chi connectivity index (χ0v) is 16.8. The summed E-state index contributed by atoms with van der Waals surface area (Å²) in [4.78, 5) is 0. The van der Waals surface area contributed by atoms with Crippen LogP contribution in [0.2, 0.25) is 0 Å². The van der Waals surface area contributed by atoms with Gasteiger partial charge in [-0.3, -0.25) is 0 Å². The van der Waals surface area contributed by atoms with Crippen molar-refractivity contribution in [1.82, 2.24) is 5.32 Å². The molecule has 0 fully saturated rings. The molecule has 0 amide bonds. The van der Waals surface area contributed by atoms with Gasteiger partial charge < -0.3 is 19.5 Å². The Bertz CT molecular complexity index is 677. The lowest BCUT2D eigenvalue weighted by molar-refractivity contribution is 0.324. The van der Waals surface area contributed by atoms with Gasteiger partial charge in [-0.25, -0.2) is 0 Å². The Labute approximate surface area is 163 Å². The number of hydrogen-bond donors (Lipinski definition) is 1. The summed E-state index contributed by atoms with van der Waals surface area (Å²) in [6, 6.07) is 12.0. The van der Waals surface area contributed by atoms with Crippen LogP contribution in [0.1, 0.15) is 11.1 Å². The molecule has 0 aromatic heterocycles. The summed E-state index contributed by atoms with van der Waals surface area (Å²) in [6.07, 6.45) is 1.70. The molecule has 0 heterocycles. The van der Waals surface area contributed by atoms with Crippen molar-refractivity contribution in [1.29, 1.82) is 0 Å². The van der Waals surface area contributed by atoms with Crippen LogP contribution in [-0.2, 0) is 13.1 Å². The maximum Gasteiger partial charge on any atom is 0.175 e. The highest BCUT2D eigenvalue weighted by Gasteiger charge is 2.11. The van der Waals surface area contributed by atoms with Crippen LogP contribution in [0.3, 0.4) is 0 Å². The third kappa shape index (κ3) is 6.27. The van der Waals surface area contributed by atoms with E-state index >= 15 is 0 Å². The van der Waals surface area contributed by atoms with E-state index in [0.717, 1.165) is 28.9 Å². The van der Waals surface area contributed by atoms with Gasteiger partial charge in [0.15, 0.2) is 11.5 Å². The fourth-order valence-electron chi connectivity index (χ4n) is 2.25. The first-order valence-electron chi connectivity index (χ1n) is 7.61. The molecule has 4 nitrogen and oxygen atoms in total. The predicted molar refractivity (Wildman–Crippen MR) is 107 cm³/mol. The molecule has 0 spiro atoms. The summed E-state index contributed by atoms with van der Waals surface area (Å²) in [7, 11) is 3.30. The minimum Gasteiger partial charge on any atom is -0.497 e. The molecular formula is C19H23BrClNO3. The maximum absolute atomic E-state index is 5.64. The van der Waals surface area contributed by atoms with E-state index < -0.39 is 0 Å². The van der Waals surface area contributed by atoms with E-state index in [1.165, 1.54) is 5.56 Å². The van der Waals surface area contributed by atoms with E-state index in [-0.39, 0.29) is 12.4 Å². The van der Waals surface area contributed by atoms with Gasteiger partial charge in [-0.2, -0.15) is 0 Å². The monoisotopic (exact) mass is 427 g/mol. The van der Waals surface area contributed by atoms with Crippen molar-refractivity contribution >= 4 is 28.3 Å². The van der Waals surface area contributed by atoms with Gasteiger partial charge in [-0.15, -0.1) is 12.4 Å². The van der Waals surface area contributed by atoms with Gasteiger partial charge >= 0.3 is 0 Å². The molecule has 2 rings (SSSR count). The molecule has 0 aliphatic heterocycles. The number of methoxy groups -OCH3 is 2. The summed E-state index contributed by atoms with van der Waals surface area (Å²) in [5.74, 6) is 2.26. The third-order valence-corrected chi connectivity index (χ3v) is 4.04. The molecule has 0 atom stereocenters. The molecule has 2 aromatic rings. The van der Waals surface area contributed by atoms with Crippen molar-refractivity contribution in [2.75, 3.05) is 20.8 Å². The molecule has 136 valence electrons. The molecule has 0 aliphatic carbocycles. The number of rotatable bonds is 9. The Hall–Kier alpha value is -1.69. The van der Waals surface area contributed by atoms with Crippen LogP contribution in [-0.4, -0.2) is 20.8 Å². The van der Waals surface area contributed by atoms with Crippen LogP contribution in [0, 0.1) is 0 Å². The molecule has 0 radical (unpaired) electrons. The smallest absolute Gasteiger partial charge is 0.175 e. The highest BCUT2D eigenvalue weighted by atomic mass is 79.9. The van der Waals surface area contributed by atoms with Crippen LogP contribution in [0.5, 0.6) is 17.2 Å².